The molecular formula is C10H11N3O3. The first-order chi connectivity index (χ1) is 7.51. The predicted octanol–water partition coefficient (Wildman–Crippen LogP) is 0.811. The second kappa shape index (κ2) is 5.01. The average Bonchev–Trinajstić information content (AvgIpc) is 2.14. The molecule has 1 rings (SSSR count). The molecule has 1 heterocycles. The van der Waals surface area contributed by atoms with E-state index >= 15 is 0 Å². The van der Waals surface area contributed by atoms with Crippen LogP contribution in [0.4, 0.5) is 11.5 Å². The maximum Gasteiger partial charge on any atom is 0.222 e. The summed E-state index contributed by atoms with van der Waals surface area (Å²) < 4.78 is 0. The zero-order valence-corrected chi connectivity index (χ0v) is 8.90. The lowest BCUT2D eigenvalue weighted by molar-refractivity contribution is -0.115. The molecule has 0 saturated carbocycles. The van der Waals surface area contributed by atoms with Crippen molar-refractivity contribution < 1.29 is 14.4 Å². The van der Waals surface area contributed by atoms with Gasteiger partial charge in [0, 0.05) is 25.6 Å². The third-order valence-corrected chi connectivity index (χ3v) is 1.59. The van der Waals surface area contributed by atoms with E-state index in [1.54, 1.807) is 0 Å². The molecule has 0 aliphatic rings. The largest absolute Gasteiger partial charge is 0.326 e. The van der Waals surface area contributed by atoms with Gasteiger partial charge < -0.3 is 10.6 Å². The number of carbonyl (C=O) groups excluding carboxylic acids is 3. The first kappa shape index (κ1) is 11.8. The molecule has 16 heavy (non-hydrogen) atoms. The second-order valence-electron chi connectivity index (χ2n) is 3.15. The monoisotopic (exact) mass is 221 g/mol. The summed E-state index contributed by atoms with van der Waals surface area (Å²) >= 11 is 0. The number of rotatable bonds is 3. The van der Waals surface area contributed by atoms with Crippen molar-refractivity contribution in [3.8, 4) is 0 Å². The van der Waals surface area contributed by atoms with Crippen molar-refractivity contribution in [3.63, 3.8) is 0 Å². The number of carbonyl (C=O) groups is 3. The van der Waals surface area contributed by atoms with Crippen LogP contribution in [0.2, 0.25) is 0 Å². The Morgan fingerprint density at radius 2 is 1.81 bits per heavy atom. The number of nitrogens with zero attached hydrogens (tertiary/aromatic N) is 1. The van der Waals surface area contributed by atoms with Crippen molar-refractivity contribution in [3.05, 3.63) is 17.8 Å². The summed E-state index contributed by atoms with van der Waals surface area (Å²) in [6.45, 7) is 2.67. The summed E-state index contributed by atoms with van der Waals surface area (Å²) in [4.78, 5) is 36.1. The van der Waals surface area contributed by atoms with E-state index in [9.17, 15) is 14.4 Å². The minimum Gasteiger partial charge on any atom is -0.326 e. The Morgan fingerprint density at radius 3 is 2.31 bits per heavy atom. The van der Waals surface area contributed by atoms with Crippen molar-refractivity contribution in [2.24, 2.45) is 0 Å². The topological polar surface area (TPSA) is 88.2 Å². The number of aldehydes is 1. The third kappa shape index (κ3) is 3.49. The first-order valence-electron chi connectivity index (χ1n) is 4.53. The van der Waals surface area contributed by atoms with Gasteiger partial charge in [0.15, 0.2) is 6.29 Å². The van der Waals surface area contributed by atoms with Gasteiger partial charge in [-0.25, -0.2) is 4.98 Å². The quantitative estimate of drug-likeness (QED) is 0.739. The molecule has 1 aromatic rings. The van der Waals surface area contributed by atoms with Crippen LogP contribution >= 0.6 is 0 Å². The minimum absolute atomic E-state index is 0.134. The molecule has 0 aliphatic carbocycles. The van der Waals surface area contributed by atoms with Gasteiger partial charge in [-0.3, -0.25) is 14.4 Å². The SMILES string of the molecule is CC(=O)Nc1cc(C=O)nc(NC(C)=O)c1. The number of pyridine rings is 1. The molecule has 2 amide bonds. The van der Waals surface area contributed by atoms with Crippen LogP contribution in [0.25, 0.3) is 0 Å². The lowest BCUT2D eigenvalue weighted by Gasteiger charge is -2.06. The molecule has 2 N–H and O–H groups in total. The Balaban J connectivity index is 3.04. The number of aromatic nitrogens is 1. The van der Waals surface area contributed by atoms with E-state index in [2.05, 4.69) is 15.6 Å². The van der Waals surface area contributed by atoms with Crippen molar-refractivity contribution in [2.45, 2.75) is 13.8 Å². The smallest absolute Gasteiger partial charge is 0.222 e. The van der Waals surface area contributed by atoms with Gasteiger partial charge in [-0.15, -0.1) is 0 Å². The van der Waals surface area contributed by atoms with Gasteiger partial charge in [-0.05, 0) is 6.07 Å². The lowest BCUT2D eigenvalue weighted by Crippen LogP contribution is -2.11. The number of hydrogen-bond donors (Lipinski definition) is 2. The Hall–Kier alpha value is -2.24. The van der Waals surface area contributed by atoms with E-state index in [-0.39, 0.29) is 23.3 Å². The number of nitrogens with one attached hydrogen (secondary N) is 2. The second-order valence-corrected chi connectivity index (χ2v) is 3.15. The highest BCUT2D eigenvalue weighted by atomic mass is 16.2. The van der Waals surface area contributed by atoms with Gasteiger partial charge in [0.1, 0.15) is 11.5 Å². The molecule has 1 aromatic heterocycles. The molecule has 0 bridgehead atoms. The highest BCUT2D eigenvalue weighted by Gasteiger charge is 2.04. The molecule has 0 atom stereocenters. The van der Waals surface area contributed by atoms with E-state index in [0.717, 1.165) is 0 Å². The van der Waals surface area contributed by atoms with Crippen molar-refractivity contribution in [1.29, 1.82) is 0 Å². The van der Waals surface area contributed by atoms with Crippen LogP contribution in [-0.4, -0.2) is 23.1 Å². The average molecular weight is 221 g/mol. The Bertz CT molecular complexity index is 409. The van der Waals surface area contributed by atoms with Gasteiger partial charge in [0.2, 0.25) is 11.8 Å². The van der Waals surface area contributed by atoms with Crippen LogP contribution < -0.4 is 10.6 Å². The number of anilines is 2. The minimum atomic E-state index is -0.302. The Kier molecular flexibility index (Phi) is 3.71. The summed E-state index contributed by atoms with van der Waals surface area (Å²) in [6, 6.07) is 2.88. The van der Waals surface area contributed by atoms with Gasteiger partial charge in [0.25, 0.3) is 0 Å². The molecule has 84 valence electrons. The molecule has 0 fully saturated rings. The van der Waals surface area contributed by atoms with Crippen molar-refractivity contribution in [2.75, 3.05) is 10.6 Å². The standard InChI is InChI=1S/C10H11N3O3/c1-6(15)11-8-3-9(5-14)13-10(4-8)12-7(2)16/h3-5H,1-2H3,(H2,11,12,13,15,16). The summed E-state index contributed by atoms with van der Waals surface area (Å²) in [5, 5.41) is 4.94. The lowest BCUT2D eigenvalue weighted by atomic mass is 10.3. The molecule has 0 unspecified atom stereocenters. The van der Waals surface area contributed by atoms with E-state index in [0.29, 0.717) is 12.0 Å². The summed E-state index contributed by atoms with van der Waals surface area (Å²) in [6.07, 6.45) is 0.538. The molecule has 0 aliphatic heterocycles. The molecular weight excluding hydrogens is 210 g/mol. The number of hydrogen-bond acceptors (Lipinski definition) is 4. The molecule has 0 spiro atoms. The zero-order valence-electron chi connectivity index (χ0n) is 8.90. The van der Waals surface area contributed by atoms with Crippen molar-refractivity contribution >= 4 is 29.6 Å². The van der Waals surface area contributed by atoms with Crippen LogP contribution in [-0.2, 0) is 9.59 Å². The maximum absolute atomic E-state index is 10.8. The fourth-order valence-electron chi connectivity index (χ4n) is 1.13. The molecule has 6 nitrogen and oxygen atoms in total. The Morgan fingerprint density at radius 1 is 1.19 bits per heavy atom. The first-order valence-corrected chi connectivity index (χ1v) is 4.53. The van der Waals surface area contributed by atoms with E-state index in [1.807, 2.05) is 0 Å². The van der Waals surface area contributed by atoms with E-state index in [1.165, 1.54) is 26.0 Å². The molecule has 0 radical (unpaired) electrons. The molecule has 0 aromatic carbocycles. The highest BCUT2D eigenvalue weighted by molar-refractivity contribution is 5.92. The fraction of sp³-hybridized carbons (Fsp3) is 0.200. The van der Waals surface area contributed by atoms with E-state index < -0.39 is 0 Å². The van der Waals surface area contributed by atoms with Crippen molar-refractivity contribution in [1.82, 2.24) is 4.98 Å². The summed E-state index contributed by atoms with van der Waals surface area (Å²) in [5.41, 5.74) is 0.545. The third-order valence-electron chi connectivity index (χ3n) is 1.59. The Labute approximate surface area is 92.1 Å². The highest BCUT2D eigenvalue weighted by Crippen LogP contribution is 2.14. The fourth-order valence-corrected chi connectivity index (χ4v) is 1.13. The van der Waals surface area contributed by atoms with Gasteiger partial charge in [-0.2, -0.15) is 0 Å². The molecule has 6 heteroatoms. The van der Waals surface area contributed by atoms with Crippen LogP contribution in [0, 0.1) is 0 Å². The van der Waals surface area contributed by atoms with E-state index in [4.69, 9.17) is 0 Å². The summed E-state index contributed by atoms with van der Waals surface area (Å²) in [7, 11) is 0. The molecule has 0 saturated heterocycles. The van der Waals surface area contributed by atoms with Gasteiger partial charge >= 0.3 is 0 Å². The number of amides is 2. The van der Waals surface area contributed by atoms with Crippen LogP contribution in [0.15, 0.2) is 12.1 Å². The van der Waals surface area contributed by atoms with Gasteiger partial charge in [0.05, 0.1) is 0 Å². The van der Waals surface area contributed by atoms with Crippen LogP contribution in [0.3, 0.4) is 0 Å². The zero-order chi connectivity index (χ0) is 12.1. The predicted molar refractivity (Wildman–Crippen MR) is 58.2 cm³/mol. The van der Waals surface area contributed by atoms with Gasteiger partial charge in [-0.1, -0.05) is 0 Å². The summed E-state index contributed by atoms with van der Waals surface area (Å²) in [5.74, 6) is -0.345. The normalized spacial score (nSPS) is 9.38. The van der Waals surface area contributed by atoms with Crippen LogP contribution in [0.1, 0.15) is 24.3 Å². The maximum atomic E-state index is 10.8. The van der Waals surface area contributed by atoms with Crippen LogP contribution in [0.5, 0.6) is 0 Å².